The van der Waals surface area contributed by atoms with Crippen LogP contribution in [0.3, 0.4) is 0 Å². The number of methoxy groups -OCH3 is 1. The van der Waals surface area contributed by atoms with Crippen LogP contribution in [0.25, 0.3) is 11.1 Å². The zero-order chi connectivity index (χ0) is 25.9. The SMILES string of the molecule is COc1ccc(-c2ccccc2)c(CC(=O)c2csc(C3CCN(S(=O)(=O)CC(F)(F)F)CC3)n2)c1. The number of aromatic nitrogens is 1. The van der Waals surface area contributed by atoms with Gasteiger partial charge in [0, 0.05) is 30.8 Å². The van der Waals surface area contributed by atoms with Crippen LogP contribution in [0, 0.1) is 0 Å². The number of alkyl halides is 3. The molecule has 0 aliphatic carbocycles. The van der Waals surface area contributed by atoms with Gasteiger partial charge in [-0.15, -0.1) is 11.3 Å². The highest BCUT2D eigenvalue weighted by Gasteiger charge is 2.39. The number of piperidine rings is 1. The maximum Gasteiger partial charge on any atom is 0.404 e. The number of hydrogen-bond donors (Lipinski definition) is 0. The molecular formula is C25H25F3N2O4S2. The van der Waals surface area contributed by atoms with Gasteiger partial charge < -0.3 is 4.74 Å². The third-order valence-corrected chi connectivity index (χ3v) is 8.95. The molecule has 0 atom stereocenters. The Morgan fingerprint density at radius 3 is 2.47 bits per heavy atom. The molecule has 0 amide bonds. The molecule has 36 heavy (non-hydrogen) atoms. The topological polar surface area (TPSA) is 76.6 Å². The van der Waals surface area contributed by atoms with E-state index in [-0.39, 0.29) is 31.2 Å². The summed E-state index contributed by atoms with van der Waals surface area (Å²) >= 11 is 1.32. The first-order chi connectivity index (χ1) is 17.1. The number of ether oxygens (including phenoxy) is 1. The summed E-state index contributed by atoms with van der Waals surface area (Å²) in [5, 5.41) is 2.38. The zero-order valence-electron chi connectivity index (χ0n) is 19.5. The van der Waals surface area contributed by atoms with E-state index >= 15 is 0 Å². The van der Waals surface area contributed by atoms with E-state index in [1.165, 1.54) is 11.3 Å². The number of thiazole rings is 1. The number of hydrogen-bond acceptors (Lipinski definition) is 6. The van der Waals surface area contributed by atoms with Crippen LogP contribution in [-0.4, -0.2) is 55.6 Å². The Morgan fingerprint density at radius 2 is 1.83 bits per heavy atom. The highest BCUT2D eigenvalue weighted by Crippen LogP contribution is 2.33. The van der Waals surface area contributed by atoms with E-state index in [9.17, 15) is 26.4 Å². The number of sulfonamides is 1. The van der Waals surface area contributed by atoms with Gasteiger partial charge in [-0.05, 0) is 41.7 Å². The summed E-state index contributed by atoms with van der Waals surface area (Å²) in [7, 11) is -2.83. The average molecular weight is 539 g/mol. The van der Waals surface area contributed by atoms with Gasteiger partial charge in [-0.1, -0.05) is 36.4 Å². The lowest BCUT2D eigenvalue weighted by Crippen LogP contribution is -2.42. The highest BCUT2D eigenvalue weighted by molar-refractivity contribution is 7.89. The summed E-state index contributed by atoms with van der Waals surface area (Å²) in [5.41, 5.74) is 3.04. The van der Waals surface area contributed by atoms with E-state index in [1.54, 1.807) is 12.5 Å². The summed E-state index contributed by atoms with van der Waals surface area (Å²) in [5.74, 6) is -1.47. The quantitative estimate of drug-likeness (QED) is 0.363. The van der Waals surface area contributed by atoms with Gasteiger partial charge in [0.2, 0.25) is 10.0 Å². The van der Waals surface area contributed by atoms with Gasteiger partial charge in [-0.2, -0.15) is 13.2 Å². The van der Waals surface area contributed by atoms with Crippen molar-refractivity contribution in [3.8, 4) is 16.9 Å². The molecule has 0 bridgehead atoms. The van der Waals surface area contributed by atoms with E-state index in [0.717, 1.165) is 21.0 Å². The fourth-order valence-corrected chi connectivity index (χ4v) is 6.65. The first kappa shape index (κ1) is 26.3. The summed E-state index contributed by atoms with van der Waals surface area (Å²) in [6, 6.07) is 15.3. The second kappa shape index (κ2) is 10.7. The third kappa shape index (κ3) is 6.32. The number of carbonyl (C=O) groups is 1. The average Bonchev–Trinajstić information content (AvgIpc) is 3.34. The van der Waals surface area contributed by atoms with E-state index < -0.39 is 22.0 Å². The summed E-state index contributed by atoms with van der Waals surface area (Å²) in [4.78, 5) is 17.6. The normalized spacial score (nSPS) is 15.7. The molecule has 3 aromatic rings. The van der Waals surface area contributed by atoms with E-state index in [0.29, 0.717) is 29.3 Å². The van der Waals surface area contributed by atoms with Crippen molar-refractivity contribution >= 4 is 27.1 Å². The van der Waals surface area contributed by atoms with Crippen LogP contribution < -0.4 is 4.74 Å². The second-order valence-electron chi connectivity index (χ2n) is 8.60. The Kier molecular flexibility index (Phi) is 7.82. The Balaban J connectivity index is 1.45. The number of carbonyl (C=O) groups excluding carboxylic acids is 1. The van der Waals surface area contributed by atoms with E-state index in [1.807, 2.05) is 48.5 Å². The van der Waals surface area contributed by atoms with Crippen molar-refractivity contribution in [3.05, 3.63) is 70.2 Å². The van der Waals surface area contributed by atoms with Crippen LogP contribution in [0.2, 0.25) is 0 Å². The monoisotopic (exact) mass is 538 g/mol. The molecule has 0 spiro atoms. The summed E-state index contributed by atoms with van der Waals surface area (Å²) in [6.07, 6.45) is -3.94. The standard InChI is InChI=1S/C25H25F3N2O4S2/c1-34-20-7-8-21(17-5-3-2-4-6-17)19(13-20)14-23(31)22-15-35-24(29-22)18-9-11-30(12-10-18)36(32,33)16-25(26,27)28/h2-8,13,15,18H,9-12,14,16H2,1H3. The molecule has 4 rings (SSSR count). The van der Waals surface area contributed by atoms with Crippen LogP contribution in [0.1, 0.15) is 39.8 Å². The second-order valence-corrected chi connectivity index (χ2v) is 11.5. The molecule has 11 heteroatoms. The van der Waals surface area contributed by atoms with Gasteiger partial charge in [0.25, 0.3) is 0 Å². The molecule has 1 saturated heterocycles. The maximum atomic E-state index is 13.1. The molecule has 1 fully saturated rings. The van der Waals surface area contributed by atoms with Crippen molar-refractivity contribution < 1.29 is 31.1 Å². The van der Waals surface area contributed by atoms with Crippen LogP contribution in [0.4, 0.5) is 13.2 Å². The fraction of sp³-hybridized carbons (Fsp3) is 0.360. The van der Waals surface area contributed by atoms with Gasteiger partial charge in [0.15, 0.2) is 11.5 Å². The minimum Gasteiger partial charge on any atom is -0.497 e. The Hall–Kier alpha value is -2.76. The molecule has 0 N–H and O–H groups in total. The summed E-state index contributed by atoms with van der Waals surface area (Å²) < 4.78 is 68.1. The van der Waals surface area contributed by atoms with Crippen LogP contribution in [0.5, 0.6) is 5.75 Å². The number of benzene rings is 2. The molecular weight excluding hydrogens is 513 g/mol. The molecule has 1 aromatic heterocycles. The van der Waals surface area contributed by atoms with Crippen molar-refractivity contribution in [2.45, 2.75) is 31.4 Å². The molecule has 0 radical (unpaired) electrons. The smallest absolute Gasteiger partial charge is 0.404 e. The maximum absolute atomic E-state index is 13.1. The number of rotatable bonds is 8. The van der Waals surface area contributed by atoms with Gasteiger partial charge in [-0.3, -0.25) is 4.79 Å². The highest BCUT2D eigenvalue weighted by atomic mass is 32.2. The lowest BCUT2D eigenvalue weighted by molar-refractivity contribution is -0.107. The van der Waals surface area contributed by atoms with Crippen LogP contribution in [0.15, 0.2) is 53.9 Å². The Morgan fingerprint density at radius 1 is 1.14 bits per heavy atom. The van der Waals surface area contributed by atoms with Gasteiger partial charge >= 0.3 is 6.18 Å². The van der Waals surface area contributed by atoms with Crippen molar-refractivity contribution in [2.24, 2.45) is 0 Å². The molecule has 0 saturated carbocycles. The first-order valence-electron chi connectivity index (χ1n) is 11.3. The van der Waals surface area contributed by atoms with E-state index in [4.69, 9.17) is 4.74 Å². The lowest BCUT2D eigenvalue weighted by atomic mass is 9.95. The van der Waals surface area contributed by atoms with Crippen molar-refractivity contribution in [1.82, 2.24) is 9.29 Å². The number of halogens is 3. The molecule has 1 aliphatic rings. The third-order valence-electron chi connectivity index (χ3n) is 6.10. The molecule has 1 aliphatic heterocycles. The van der Waals surface area contributed by atoms with Crippen molar-refractivity contribution in [2.75, 3.05) is 26.0 Å². The zero-order valence-corrected chi connectivity index (χ0v) is 21.1. The van der Waals surface area contributed by atoms with Crippen LogP contribution >= 0.6 is 11.3 Å². The van der Waals surface area contributed by atoms with E-state index in [2.05, 4.69) is 4.98 Å². The fourth-order valence-electron chi connectivity index (χ4n) is 4.29. The Labute approximate surface area is 211 Å². The molecule has 192 valence electrons. The van der Waals surface area contributed by atoms with Gasteiger partial charge in [-0.25, -0.2) is 17.7 Å². The molecule has 2 aromatic carbocycles. The predicted molar refractivity (Wildman–Crippen MR) is 132 cm³/mol. The lowest BCUT2D eigenvalue weighted by Gasteiger charge is -2.30. The molecule has 2 heterocycles. The Bertz CT molecular complexity index is 1320. The molecule has 0 unspecified atom stereocenters. The largest absolute Gasteiger partial charge is 0.497 e. The van der Waals surface area contributed by atoms with Crippen LogP contribution in [-0.2, 0) is 16.4 Å². The van der Waals surface area contributed by atoms with Gasteiger partial charge in [0.1, 0.15) is 11.4 Å². The minimum absolute atomic E-state index is 0.00378. The van der Waals surface area contributed by atoms with Crippen molar-refractivity contribution in [3.63, 3.8) is 0 Å². The summed E-state index contributed by atoms with van der Waals surface area (Å²) in [6.45, 7) is -0.00757. The minimum atomic E-state index is -4.77. The predicted octanol–water partition coefficient (Wildman–Crippen LogP) is 5.32. The van der Waals surface area contributed by atoms with Gasteiger partial charge in [0.05, 0.1) is 12.1 Å². The first-order valence-corrected chi connectivity index (χ1v) is 13.8. The number of nitrogens with zero attached hydrogens (tertiary/aromatic N) is 2. The molecule has 6 nitrogen and oxygen atoms in total. The van der Waals surface area contributed by atoms with Crippen molar-refractivity contribution in [1.29, 1.82) is 0 Å². The number of Topliss-reactive ketones (excluding diaryl/α,β-unsaturated/α-hetero) is 1. The number of ketones is 1.